The fourth-order valence-electron chi connectivity index (χ4n) is 2.87. The predicted molar refractivity (Wildman–Crippen MR) is 91.9 cm³/mol. The third-order valence-electron chi connectivity index (χ3n) is 4.13. The summed E-state index contributed by atoms with van der Waals surface area (Å²) >= 11 is 0. The van der Waals surface area contributed by atoms with Crippen molar-refractivity contribution in [1.82, 2.24) is 4.90 Å². The Kier molecular flexibility index (Phi) is 6.05. The van der Waals surface area contributed by atoms with Crippen LogP contribution in [0.3, 0.4) is 0 Å². The Morgan fingerprint density at radius 3 is 2.35 bits per heavy atom. The molecule has 1 aliphatic rings. The maximum absolute atomic E-state index is 12.6. The molecule has 0 spiro atoms. The van der Waals surface area contributed by atoms with Gasteiger partial charge in [-0.05, 0) is 57.9 Å². The van der Waals surface area contributed by atoms with E-state index in [1.165, 1.54) is 17.0 Å². The lowest BCUT2D eigenvalue weighted by Gasteiger charge is -2.39. The number of ether oxygens (including phenoxy) is 1. The summed E-state index contributed by atoms with van der Waals surface area (Å²) in [6.07, 6.45) is -3.61. The van der Waals surface area contributed by atoms with E-state index in [-0.39, 0.29) is 18.7 Å². The second-order valence-corrected chi connectivity index (χ2v) is 7.46. The molecule has 8 heteroatoms. The van der Waals surface area contributed by atoms with Crippen molar-refractivity contribution < 1.29 is 27.8 Å². The molecule has 1 amide bonds. The van der Waals surface area contributed by atoms with Crippen molar-refractivity contribution in [1.29, 1.82) is 0 Å². The minimum atomic E-state index is -4.37. The minimum Gasteiger partial charge on any atom is -0.444 e. The number of likely N-dealkylation sites (tertiary alicyclic amines) is 1. The molecule has 26 heavy (non-hydrogen) atoms. The summed E-state index contributed by atoms with van der Waals surface area (Å²) in [4.78, 5) is 13.9. The number of anilines is 1. The summed E-state index contributed by atoms with van der Waals surface area (Å²) in [5.41, 5.74) is -0.803. The van der Waals surface area contributed by atoms with Crippen LogP contribution in [0.4, 0.5) is 23.7 Å². The number of carbonyl (C=O) groups is 1. The highest BCUT2D eigenvalue weighted by molar-refractivity contribution is 5.69. The lowest BCUT2D eigenvalue weighted by Crippen LogP contribution is -2.53. The molecule has 2 rings (SSSR count). The highest BCUT2D eigenvalue weighted by Crippen LogP contribution is 2.30. The van der Waals surface area contributed by atoms with Gasteiger partial charge in [-0.1, -0.05) is 0 Å². The van der Waals surface area contributed by atoms with Crippen LogP contribution in [-0.4, -0.2) is 46.9 Å². The topological polar surface area (TPSA) is 61.8 Å². The van der Waals surface area contributed by atoms with E-state index < -0.39 is 23.4 Å². The van der Waals surface area contributed by atoms with E-state index in [1.807, 2.05) is 0 Å². The highest BCUT2D eigenvalue weighted by atomic mass is 19.4. The summed E-state index contributed by atoms with van der Waals surface area (Å²) in [5.74, 6) is 0. The van der Waals surface area contributed by atoms with Gasteiger partial charge in [0.05, 0.1) is 18.2 Å². The van der Waals surface area contributed by atoms with Crippen LogP contribution in [0.15, 0.2) is 24.3 Å². The third-order valence-corrected chi connectivity index (χ3v) is 4.13. The fraction of sp³-hybridized carbons (Fsp3) is 0.611. The van der Waals surface area contributed by atoms with E-state index in [4.69, 9.17) is 4.74 Å². The van der Waals surface area contributed by atoms with Crippen LogP contribution in [0, 0.1) is 0 Å². The number of amides is 1. The molecule has 0 saturated carbocycles. The van der Waals surface area contributed by atoms with Gasteiger partial charge in [-0.3, -0.25) is 0 Å². The zero-order chi connectivity index (χ0) is 19.5. The van der Waals surface area contributed by atoms with Crippen LogP contribution < -0.4 is 5.32 Å². The molecule has 0 aromatic heterocycles. The molecule has 0 aliphatic carbocycles. The summed E-state index contributed by atoms with van der Waals surface area (Å²) in [7, 11) is 0. The van der Waals surface area contributed by atoms with Gasteiger partial charge in [0, 0.05) is 18.3 Å². The molecular weight excluding hydrogens is 349 g/mol. The number of rotatable bonds is 3. The molecule has 2 unspecified atom stereocenters. The second-order valence-electron chi connectivity index (χ2n) is 7.46. The number of nitrogens with zero attached hydrogens (tertiary/aromatic N) is 1. The van der Waals surface area contributed by atoms with Gasteiger partial charge in [0.25, 0.3) is 0 Å². The number of carbonyl (C=O) groups excluding carboxylic acids is 1. The number of piperidine rings is 1. The average molecular weight is 374 g/mol. The summed E-state index contributed by atoms with van der Waals surface area (Å²) in [6.45, 7) is 5.44. The molecule has 1 aromatic rings. The Hall–Kier alpha value is -1.96. The zero-order valence-corrected chi connectivity index (χ0v) is 15.1. The van der Waals surface area contributed by atoms with Crippen molar-refractivity contribution in [3.8, 4) is 0 Å². The summed E-state index contributed by atoms with van der Waals surface area (Å²) in [5, 5.41) is 12.7. The van der Waals surface area contributed by atoms with E-state index >= 15 is 0 Å². The molecule has 1 heterocycles. The number of nitrogens with one attached hydrogen (secondary N) is 1. The van der Waals surface area contributed by atoms with E-state index in [0.29, 0.717) is 25.1 Å². The Morgan fingerprint density at radius 2 is 1.85 bits per heavy atom. The van der Waals surface area contributed by atoms with Crippen molar-refractivity contribution >= 4 is 11.8 Å². The van der Waals surface area contributed by atoms with Crippen molar-refractivity contribution in [3.05, 3.63) is 29.8 Å². The van der Waals surface area contributed by atoms with E-state index in [1.54, 1.807) is 20.8 Å². The van der Waals surface area contributed by atoms with Crippen molar-refractivity contribution in [3.63, 3.8) is 0 Å². The lowest BCUT2D eigenvalue weighted by molar-refractivity contribution is -0.137. The summed E-state index contributed by atoms with van der Waals surface area (Å²) in [6, 6.07) is 4.33. The van der Waals surface area contributed by atoms with Crippen molar-refractivity contribution in [2.45, 2.75) is 57.5 Å². The van der Waals surface area contributed by atoms with Crippen LogP contribution in [0.5, 0.6) is 0 Å². The monoisotopic (exact) mass is 374 g/mol. The first-order chi connectivity index (χ1) is 12.0. The molecule has 0 bridgehead atoms. The number of aliphatic hydroxyl groups is 1. The molecule has 1 aromatic carbocycles. The normalized spacial score (nSPS) is 21.4. The van der Waals surface area contributed by atoms with Crippen LogP contribution in [0.2, 0.25) is 0 Å². The van der Waals surface area contributed by atoms with Gasteiger partial charge in [-0.15, -0.1) is 0 Å². The largest absolute Gasteiger partial charge is 0.444 e. The Labute approximate surface area is 151 Å². The quantitative estimate of drug-likeness (QED) is 0.843. The van der Waals surface area contributed by atoms with Crippen LogP contribution in [0.25, 0.3) is 0 Å². The van der Waals surface area contributed by atoms with Gasteiger partial charge in [-0.25, -0.2) is 4.79 Å². The van der Waals surface area contributed by atoms with Gasteiger partial charge in [0.1, 0.15) is 5.60 Å². The number of hydrogen-bond donors (Lipinski definition) is 2. The van der Waals surface area contributed by atoms with Gasteiger partial charge in [-0.2, -0.15) is 13.2 Å². The first-order valence-electron chi connectivity index (χ1n) is 8.54. The molecule has 5 nitrogen and oxygen atoms in total. The maximum Gasteiger partial charge on any atom is 0.416 e. The molecule has 1 aliphatic heterocycles. The Morgan fingerprint density at radius 1 is 1.23 bits per heavy atom. The number of hydrogen-bond acceptors (Lipinski definition) is 4. The predicted octanol–water partition coefficient (Wildman–Crippen LogP) is 3.88. The molecule has 146 valence electrons. The number of benzene rings is 1. The van der Waals surface area contributed by atoms with Gasteiger partial charge in [0.15, 0.2) is 0 Å². The number of halogens is 3. The van der Waals surface area contributed by atoms with Crippen LogP contribution in [0.1, 0.15) is 39.2 Å². The van der Waals surface area contributed by atoms with E-state index in [2.05, 4.69) is 5.32 Å². The van der Waals surface area contributed by atoms with Gasteiger partial charge in [0.2, 0.25) is 0 Å². The van der Waals surface area contributed by atoms with E-state index in [9.17, 15) is 23.1 Å². The first-order valence-corrected chi connectivity index (χ1v) is 8.54. The molecular formula is C18H25F3N2O3. The number of alkyl halides is 3. The fourth-order valence-corrected chi connectivity index (χ4v) is 2.87. The lowest BCUT2D eigenvalue weighted by atomic mass is 9.98. The third kappa shape index (κ3) is 5.52. The smallest absolute Gasteiger partial charge is 0.416 e. The number of aliphatic hydroxyl groups excluding tert-OH is 1. The molecule has 2 N–H and O–H groups in total. The van der Waals surface area contributed by atoms with E-state index in [0.717, 1.165) is 12.1 Å². The first kappa shape index (κ1) is 20.4. The van der Waals surface area contributed by atoms with Crippen LogP contribution in [-0.2, 0) is 10.9 Å². The summed E-state index contributed by atoms with van der Waals surface area (Å²) < 4.78 is 43.3. The van der Waals surface area contributed by atoms with Crippen molar-refractivity contribution in [2.24, 2.45) is 0 Å². The average Bonchev–Trinajstić information content (AvgIpc) is 2.53. The minimum absolute atomic E-state index is 0.137. The zero-order valence-electron chi connectivity index (χ0n) is 15.1. The van der Waals surface area contributed by atoms with Gasteiger partial charge >= 0.3 is 12.3 Å². The maximum atomic E-state index is 12.6. The molecule has 1 fully saturated rings. The Balaban J connectivity index is 2.03. The SMILES string of the molecule is CC(C)(C)OC(=O)N1CC(Nc2ccc(C(F)(F)F)cc2)CCC1CO. The molecule has 1 saturated heterocycles. The molecule has 2 atom stereocenters. The second kappa shape index (κ2) is 7.73. The standard InChI is InChI=1S/C18H25F3N2O3/c1-17(2,3)26-16(25)23-10-14(8-9-15(23)11-24)22-13-6-4-12(5-7-13)18(19,20)21/h4-7,14-15,22,24H,8-11H2,1-3H3. The van der Waals surface area contributed by atoms with Crippen LogP contribution >= 0.6 is 0 Å². The highest BCUT2D eigenvalue weighted by Gasteiger charge is 2.34. The van der Waals surface area contributed by atoms with Gasteiger partial charge < -0.3 is 20.1 Å². The van der Waals surface area contributed by atoms with Crippen molar-refractivity contribution in [2.75, 3.05) is 18.5 Å². The molecule has 0 radical (unpaired) electrons. The Bertz CT molecular complexity index is 612.